The van der Waals surface area contributed by atoms with Gasteiger partial charge in [0, 0.05) is 0 Å². The minimum atomic E-state index is 0.684. The maximum atomic E-state index is 4.18. The first-order valence-electron chi connectivity index (χ1n) is 5.66. The Kier molecular flexibility index (Phi) is 6.11. The summed E-state index contributed by atoms with van der Waals surface area (Å²) < 4.78 is 0. The van der Waals surface area contributed by atoms with E-state index in [0.717, 1.165) is 11.8 Å². The first-order chi connectivity index (χ1) is 5.99. The fourth-order valence-corrected chi connectivity index (χ4v) is 1.33. The molecule has 2 unspecified atom stereocenters. The molecule has 0 aliphatic heterocycles. The molecule has 0 aromatic carbocycles. The van der Waals surface area contributed by atoms with Gasteiger partial charge in [-0.3, -0.25) is 0 Å². The molecule has 2 atom stereocenters. The van der Waals surface area contributed by atoms with Gasteiger partial charge in [-0.25, -0.2) is 0 Å². The molecular formula is C13H26. The van der Waals surface area contributed by atoms with Crippen molar-refractivity contribution < 1.29 is 0 Å². The fourth-order valence-electron chi connectivity index (χ4n) is 1.33. The van der Waals surface area contributed by atoms with Crippen molar-refractivity contribution in [2.75, 3.05) is 0 Å². The van der Waals surface area contributed by atoms with E-state index in [0.29, 0.717) is 5.92 Å². The standard InChI is InChI=1S/C13H26/c1-7-11(4)8-9-12(5)13(6)10(2)3/h10-11,13H,5,7-9H2,1-4,6H3. The van der Waals surface area contributed by atoms with E-state index < -0.39 is 0 Å². The molecule has 0 bridgehead atoms. The van der Waals surface area contributed by atoms with Crippen LogP contribution >= 0.6 is 0 Å². The van der Waals surface area contributed by atoms with Crippen LogP contribution in [0.2, 0.25) is 0 Å². The van der Waals surface area contributed by atoms with Gasteiger partial charge in [-0.1, -0.05) is 53.2 Å². The molecule has 0 heteroatoms. The molecule has 0 aliphatic carbocycles. The van der Waals surface area contributed by atoms with E-state index in [1.807, 2.05) is 0 Å². The molecule has 78 valence electrons. The molecule has 0 fully saturated rings. The first kappa shape index (κ1) is 12.7. The van der Waals surface area contributed by atoms with Gasteiger partial charge in [0.05, 0.1) is 0 Å². The number of hydrogen-bond acceptors (Lipinski definition) is 0. The summed E-state index contributed by atoms with van der Waals surface area (Å²) >= 11 is 0. The maximum absolute atomic E-state index is 4.18. The van der Waals surface area contributed by atoms with Crippen LogP contribution in [-0.2, 0) is 0 Å². The van der Waals surface area contributed by atoms with E-state index in [4.69, 9.17) is 0 Å². The third kappa shape index (κ3) is 5.13. The highest BCUT2D eigenvalue weighted by Crippen LogP contribution is 2.24. The van der Waals surface area contributed by atoms with Crippen LogP contribution in [0.1, 0.15) is 53.9 Å². The minimum Gasteiger partial charge on any atom is -0.0996 e. The van der Waals surface area contributed by atoms with Gasteiger partial charge in [0.15, 0.2) is 0 Å². The minimum absolute atomic E-state index is 0.684. The Bertz CT molecular complexity index is 144. The monoisotopic (exact) mass is 182 g/mol. The lowest BCUT2D eigenvalue weighted by Gasteiger charge is -2.19. The van der Waals surface area contributed by atoms with Gasteiger partial charge < -0.3 is 0 Å². The van der Waals surface area contributed by atoms with Crippen LogP contribution in [0.5, 0.6) is 0 Å². The van der Waals surface area contributed by atoms with Gasteiger partial charge in [0.2, 0.25) is 0 Å². The predicted molar refractivity (Wildman–Crippen MR) is 61.8 cm³/mol. The Balaban J connectivity index is 3.74. The Morgan fingerprint density at radius 1 is 1.15 bits per heavy atom. The fraction of sp³-hybridized carbons (Fsp3) is 0.846. The summed E-state index contributed by atoms with van der Waals surface area (Å²) in [7, 11) is 0. The van der Waals surface area contributed by atoms with Gasteiger partial charge in [0.25, 0.3) is 0 Å². The van der Waals surface area contributed by atoms with Crippen LogP contribution in [0.4, 0.5) is 0 Å². The van der Waals surface area contributed by atoms with Gasteiger partial charge in [-0.2, -0.15) is 0 Å². The smallest absolute Gasteiger partial charge is 0.0211 e. The van der Waals surface area contributed by atoms with Crippen LogP contribution in [0.15, 0.2) is 12.2 Å². The van der Waals surface area contributed by atoms with Gasteiger partial charge in [-0.15, -0.1) is 0 Å². The molecule has 0 spiro atoms. The Morgan fingerprint density at radius 3 is 2.08 bits per heavy atom. The average Bonchev–Trinajstić information content (AvgIpc) is 2.11. The van der Waals surface area contributed by atoms with E-state index in [1.165, 1.54) is 24.8 Å². The van der Waals surface area contributed by atoms with Gasteiger partial charge in [-0.05, 0) is 30.6 Å². The lowest BCUT2D eigenvalue weighted by atomic mass is 9.86. The maximum Gasteiger partial charge on any atom is -0.0211 e. The van der Waals surface area contributed by atoms with E-state index in [2.05, 4.69) is 41.2 Å². The topological polar surface area (TPSA) is 0 Å². The van der Waals surface area contributed by atoms with Crippen molar-refractivity contribution in [3.63, 3.8) is 0 Å². The summed E-state index contributed by atoms with van der Waals surface area (Å²) in [6.45, 7) is 15.6. The molecule has 0 saturated heterocycles. The normalized spacial score (nSPS) is 15.8. The van der Waals surface area contributed by atoms with Crippen molar-refractivity contribution in [2.24, 2.45) is 17.8 Å². The molecule has 0 rings (SSSR count). The molecule has 0 N–H and O–H groups in total. The summed E-state index contributed by atoms with van der Waals surface area (Å²) in [5, 5.41) is 0. The summed E-state index contributed by atoms with van der Waals surface area (Å²) in [4.78, 5) is 0. The van der Waals surface area contributed by atoms with E-state index in [-0.39, 0.29) is 0 Å². The Labute approximate surface area is 84.4 Å². The molecule has 0 radical (unpaired) electrons. The second-order valence-electron chi connectivity index (χ2n) is 4.74. The summed E-state index contributed by atoms with van der Waals surface area (Å²) in [6.07, 6.45) is 3.82. The molecule has 0 heterocycles. The molecular weight excluding hydrogens is 156 g/mol. The highest BCUT2D eigenvalue weighted by Gasteiger charge is 2.11. The zero-order valence-corrected chi connectivity index (χ0v) is 10.1. The van der Waals surface area contributed by atoms with Crippen LogP contribution in [-0.4, -0.2) is 0 Å². The second-order valence-corrected chi connectivity index (χ2v) is 4.74. The highest BCUT2D eigenvalue weighted by atomic mass is 14.2. The third-order valence-electron chi connectivity index (χ3n) is 3.30. The molecule has 0 aromatic rings. The molecule has 0 aliphatic rings. The lowest BCUT2D eigenvalue weighted by Crippen LogP contribution is -2.07. The summed E-state index contributed by atoms with van der Waals surface area (Å²) in [5.74, 6) is 2.28. The largest absolute Gasteiger partial charge is 0.0996 e. The van der Waals surface area contributed by atoms with Crippen LogP contribution in [0.25, 0.3) is 0 Å². The van der Waals surface area contributed by atoms with Crippen molar-refractivity contribution >= 4 is 0 Å². The highest BCUT2D eigenvalue weighted by molar-refractivity contribution is 5.00. The van der Waals surface area contributed by atoms with Crippen LogP contribution < -0.4 is 0 Å². The number of hydrogen-bond donors (Lipinski definition) is 0. The van der Waals surface area contributed by atoms with Crippen molar-refractivity contribution in [3.05, 3.63) is 12.2 Å². The molecule has 0 aromatic heterocycles. The second kappa shape index (κ2) is 6.23. The van der Waals surface area contributed by atoms with E-state index in [1.54, 1.807) is 0 Å². The Hall–Kier alpha value is -0.260. The number of allylic oxidation sites excluding steroid dienone is 1. The van der Waals surface area contributed by atoms with Crippen molar-refractivity contribution in [1.29, 1.82) is 0 Å². The van der Waals surface area contributed by atoms with Crippen LogP contribution in [0.3, 0.4) is 0 Å². The van der Waals surface area contributed by atoms with E-state index in [9.17, 15) is 0 Å². The van der Waals surface area contributed by atoms with Crippen molar-refractivity contribution in [2.45, 2.75) is 53.9 Å². The predicted octanol–water partition coefficient (Wildman–Crippen LogP) is 4.66. The van der Waals surface area contributed by atoms with Crippen molar-refractivity contribution in [1.82, 2.24) is 0 Å². The molecule has 0 nitrogen and oxygen atoms in total. The summed E-state index contributed by atoms with van der Waals surface area (Å²) in [5.41, 5.74) is 1.44. The van der Waals surface area contributed by atoms with E-state index >= 15 is 0 Å². The zero-order chi connectivity index (χ0) is 10.4. The average molecular weight is 182 g/mol. The number of rotatable bonds is 6. The quantitative estimate of drug-likeness (QED) is 0.524. The molecule has 0 amide bonds. The molecule has 0 saturated carbocycles. The Morgan fingerprint density at radius 2 is 1.69 bits per heavy atom. The summed E-state index contributed by atoms with van der Waals surface area (Å²) in [6, 6.07) is 0. The SMILES string of the molecule is C=C(CCC(C)CC)C(C)C(C)C. The van der Waals surface area contributed by atoms with Gasteiger partial charge in [0.1, 0.15) is 0 Å². The lowest BCUT2D eigenvalue weighted by molar-refractivity contribution is 0.441. The third-order valence-corrected chi connectivity index (χ3v) is 3.30. The first-order valence-corrected chi connectivity index (χ1v) is 5.66. The molecule has 13 heavy (non-hydrogen) atoms. The van der Waals surface area contributed by atoms with Crippen molar-refractivity contribution in [3.8, 4) is 0 Å². The van der Waals surface area contributed by atoms with Gasteiger partial charge >= 0.3 is 0 Å². The van der Waals surface area contributed by atoms with Crippen LogP contribution in [0, 0.1) is 17.8 Å². The zero-order valence-electron chi connectivity index (χ0n) is 10.1.